The summed E-state index contributed by atoms with van der Waals surface area (Å²) in [6.45, 7) is 1.75. The van der Waals surface area contributed by atoms with E-state index in [2.05, 4.69) is 15.0 Å². The second kappa shape index (κ2) is 10.8. The van der Waals surface area contributed by atoms with E-state index in [9.17, 15) is 27.5 Å². The number of halogens is 5. The zero-order valence-electron chi connectivity index (χ0n) is 20.6. The number of pyridine rings is 1. The van der Waals surface area contributed by atoms with Crippen molar-refractivity contribution >= 4 is 40.4 Å². The number of carboxylic acid groups (broad SMARTS) is 1. The number of nitrogens with zero attached hydrogens (tertiary/aromatic N) is 5. The number of aromatic nitrogens is 3. The molecule has 5 rings (SSSR count). The fraction of sp³-hybridized carbons (Fsp3) is 0.440. The number of ether oxygens (including phenoxy) is 1. The van der Waals surface area contributed by atoms with E-state index in [-0.39, 0.29) is 49.7 Å². The molecule has 2 aliphatic rings. The molecule has 5 heterocycles. The lowest BCUT2D eigenvalue weighted by molar-refractivity contribution is -0.138. The average molecular weight is 586 g/mol. The van der Waals surface area contributed by atoms with Crippen LogP contribution in [-0.4, -0.2) is 63.2 Å². The first-order valence-corrected chi connectivity index (χ1v) is 13.4. The first-order chi connectivity index (χ1) is 18.5. The van der Waals surface area contributed by atoms with E-state index in [4.69, 9.17) is 16.3 Å². The van der Waals surface area contributed by atoms with E-state index in [0.29, 0.717) is 15.6 Å². The maximum Gasteiger partial charge on any atom is 0.326 e. The van der Waals surface area contributed by atoms with Gasteiger partial charge in [0.15, 0.2) is 5.82 Å². The highest BCUT2D eigenvalue weighted by Gasteiger charge is 2.42. The van der Waals surface area contributed by atoms with Crippen LogP contribution in [-0.2, 0) is 4.79 Å². The molecular formula is C25H24ClF4N5O3S. The van der Waals surface area contributed by atoms with Gasteiger partial charge in [0, 0.05) is 44.1 Å². The largest absolute Gasteiger partial charge is 0.480 e. The standard InChI is InChI=1S/C25H24ClF4N5O3S/c1-13-10-25(29,30)4-5-34(13)17-7-14(26)11-31-23(17)38-15-8-18(24(36)37)35(12-15)20-9-16(19-3-2-6-39-19)32-22(33-20)21(27)28/h2-3,6-7,9,11,13,15,18,21H,4-5,8,10,12H2,1H3,(H,36,37)/t13-,15-,18-/m0/s1. The lowest BCUT2D eigenvalue weighted by Gasteiger charge is -2.39. The Morgan fingerprint density at radius 3 is 2.74 bits per heavy atom. The number of aliphatic carboxylic acids is 1. The third-order valence-corrected chi connectivity index (χ3v) is 7.87. The molecule has 2 fully saturated rings. The van der Waals surface area contributed by atoms with Gasteiger partial charge >= 0.3 is 5.97 Å². The monoisotopic (exact) mass is 585 g/mol. The third-order valence-electron chi connectivity index (χ3n) is 6.77. The molecular weight excluding hydrogens is 562 g/mol. The van der Waals surface area contributed by atoms with Gasteiger partial charge in [-0.2, -0.15) is 0 Å². The van der Waals surface area contributed by atoms with Gasteiger partial charge in [-0.15, -0.1) is 11.3 Å². The topological polar surface area (TPSA) is 91.7 Å². The van der Waals surface area contributed by atoms with Crippen molar-refractivity contribution < 1.29 is 32.2 Å². The average Bonchev–Trinajstić information content (AvgIpc) is 3.55. The SMILES string of the molecule is C[C@H]1CC(F)(F)CCN1c1cc(Cl)cnc1O[C@H]1C[C@@H](C(=O)O)N(c2cc(-c3cccs3)nc(C(F)F)n2)C1. The smallest absolute Gasteiger partial charge is 0.326 e. The van der Waals surface area contributed by atoms with Crippen molar-refractivity contribution in [1.29, 1.82) is 0 Å². The minimum absolute atomic E-state index is 0.00898. The van der Waals surface area contributed by atoms with Crippen molar-refractivity contribution in [2.45, 2.75) is 56.7 Å². The van der Waals surface area contributed by atoms with Crippen LogP contribution >= 0.6 is 22.9 Å². The van der Waals surface area contributed by atoms with Crippen LogP contribution in [0, 0.1) is 0 Å². The Kier molecular flexibility index (Phi) is 7.55. The molecule has 0 aromatic carbocycles. The van der Waals surface area contributed by atoms with Crippen LogP contribution in [0.4, 0.5) is 29.1 Å². The normalized spacial score (nSPS) is 22.9. The number of alkyl halides is 4. The van der Waals surface area contributed by atoms with Gasteiger partial charge in [-0.05, 0) is 24.4 Å². The van der Waals surface area contributed by atoms with Gasteiger partial charge in [-0.3, -0.25) is 0 Å². The summed E-state index contributed by atoms with van der Waals surface area (Å²) in [7, 11) is 0. The van der Waals surface area contributed by atoms with E-state index >= 15 is 0 Å². The van der Waals surface area contributed by atoms with Crippen LogP contribution in [0.1, 0.15) is 38.4 Å². The zero-order valence-corrected chi connectivity index (χ0v) is 22.2. The van der Waals surface area contributed by atoms with Crippen LogP contribution in [0.3, 0.4) is 0 Å². The number of carbonyl (C=O) groups is 1. The van der Waals surface area contributed by atoms with E-state index in [0.717, 1.165) is 0 Å². The molecule has 208 valence electrons. The van der Waals surface area contributed by atoms with Crippen molar-refractivity contribution in [2.75, 3.05) is 22.9 Å². The van der Waals surface area contributed by atoms with Gasteiger partial charge in [0.2, 0.25) is 5.88 Å². The molecule has 8 nitrogen and oxygen atoms in total. The number of hydrogen-bond acceptors (Lipinski definition) is 8. The summed E-state index contributed by atoms with van der Waals surface area (Å²) in [5.41, 5.74) is 0.689. The van der Waals surface area contributed by atoms with Gasteiger partial charge in [-0.25, -0.2) is 37.3 Å². The lowest BCUT2D eigenvalue weighted by Crippen LogP contribution is -2.45. The lowest BCUT2D eigenvalue weighted by atomic mass is 9.99. The first kappa shape index (κ1) is 27.4. The van der Waals surface area contributed by atoms with E-state index in [1.165, 1.54) is 28.5 Å². The Morgan fingerprint density at radius 1 is 1.28 bits per heavy atom. The third kappa shape index (κ3) is 5.88. The van der Waals surface area contributed by atoms with Crippen molar-refractivity contribution in [3.05, 3.63) is 46.7 Å². The maximum atomic E-state index is 14.0. The molecule has 14 heteroatoms. The van der Waals surface area contributed by atoms with Crippen LogP contribution in [0.25, 0.3) is 10.6 Å². The molecule has 0 radical (unpaired) electrons. The number of carboxylic acids is 1. The molecule has 0 amide bonds. The summed E-state index contributed by atoms with van der Waals surface area (Å²) in [6, 6.07) is 4.91. The molecule has 3 aromatic heterocycles. The van der Waals surface area contributed by atoms with Crippen molar-refractivity contribution in [3.8, 4) is 16.5 Å². The van der Waals surface area contributed by atoms with E-state index in [1.807, 2.05) is 0 Å². The van der Waals surface area contributed by atoms with Crippen molar-refractivity contribution in [3.63, 3.8) is 0 Å². The Hall–Kier alpha value is -3.19. The second-order valence-corrected chi connectivity index (χ2v) is 10.9. The Morgan fingerprint density at radius 2 is 2.08 bits per heavy atom. The number of hydrogen-bond donors (Lipinski definition) is 1. The quantitative estimate of drug-likeness (QED) is 0.341. The summed E-state index contributed by atoms with van der Waals surface area (Å²) >= 11 is 7.48. The molecule has 2 aliphatic heterocycles. The van der Waals surface area contributed by atoms with Crippen LogP contribution < -0.4 is 14.5 Å². The van der Waals surface area contributed by atoms with Gasteiger partial charge in [0.05, 0.1) is 22.1 Å². The minimum Gasteiger partial charge on any atom is -0.480 e. The molecule has 0 unspecified atom stereocenters. The molecule has 39 heavy (non-hydrogen) atoms. The van der Waals surface area contributed by atoms with E-state index < -0.39 is 42.3 Å². The van der Waals surface area contributed by atoms with Crippen molar-refractivity contribution in [2.24, 2.45) is 0 Å². The summed E-state index contributed by atoms with van der Waals surface area (Å²) in [5, 5.41) is 12.0. The van der Waals surface area contributed by atoms with Gasteiger partial charge < -0.3 is 19.6 Å². The number of anilines is 2. The summed E-state index contributed by atoms with van der Waals surface area (Å²) in [4.78, 5) is 28.2. The molecule has 0 saturated carbocycles. The molecule has 0 aliphatic carbocycles. The molecule has 0 spiro atoms. The summed E-state index contributed by atoms with van der Waals surface area (Å²) in [6.07, 6.45) is -2.98. The number of rotatable bonds is 7. The molecule has 2 saturated heterocycles. The van der Waals surface area contributed by atoms with Gasteiger partial charge in [0.25, 0.3) is 12.3 Å². The van der Waals surface area contributed by atoms with Crippen LogP contribution in [0.5, 0.6) is 5.88 Å². The number of piperidine rings is 1. The Labute approximate surface area is 230 Å². The highest BCUT2D eigenvalue weighted by atomic mass is 35.5. The summed E-state index contributed by atoms with van der Waals surface area (Å²) < 4.78 is 61.4. The highest BCUT2D eigenvalue weighted by Crippen LogP contribution is 2.40. The Bertz CT molecular complexity index is 1350. The number of thiophene rings is 1. The molecule has 0 bridgehead atoms. The molecule has 3 atom stereocenters. The Balaban J connectivity index is 1.43. The predicted octanol–water partition coefficient (Wildman–Crippen LogP) is 5.93. The van der Waals surface area contributed by atoms with Gasteiger partial charge in [0.1, 0.15) is 23.7 Å². The van der Waals surface area contributed by atoms with Gasteiger partial charge in [-0.1, -0.05) is 17.7 Å². The predicted molar refractivity (Wildman–Crippen MR) is 138 cm³/mol. The summed E-state index contributed by atoms with van der Waals surface area (Å²) in [5.74, 6) is -4.49. The fourth-order valence-corrected chi connectivity index (χ4v) is 5.83. The van der Waals surface area contributed by atoms with Crippen LogP contribution in [0.2, 0.25) is 5.02 Å². The zero-order chi connectivity index (χ0) is 27.9. The van der Waals surface area contributed by atoms with Crippen LogP contribution in [0.15, 0.2) is 35.8 Å². The second-order valence-electron chi connectivity index (χ2n) is 9.56. The first-order valence-electron chi connectivity index (χ1n) is 12.2. The van der Waals surface area contributed by atoms with Crippen molar-refractivity contribution in [1.82, 2.24) is 15.0 Å². The minimum atomic E-state index is -2.96. The maximum absolute atomic E-state index is 14.0. The highest BCUT2D eigenvalue weighted by molar-refractivity contribution is 7.13. The van der Waals surface area contributed by atoms with E-state index in [1.54, 1.807) is 35.4 Å². The fourth-order valence-electron chi connectivity index (χ4n) is 5.00. The molecule has 1 N–H and O–H groups in total. The molecule has 3 aromatic rings.